The van der Waals surface area contributed by atoms with Crippen LogP contribution < -0.4 is 11.1 Å². The van der Waals surface area contributed by atoms with Crippen LogP contribution in [0, 0.1) is 5.92 Å². The third-order valence-corrected chi connectivity index (χ3v) is 3.74. The fourth-order valence-corrected chi connectivity index (χ4v) is 2.67. The van der Waals surface area contributed by atoms with E-state index in [4.69, 9.17) is 5.73 Å². The average Bonchev–Trinajstić information content (AvgIpc) is 2.78. The van der Waals surface area contributed by atoms with Gasteiger partial charge in [0, 0.05) is 31.6 Å². The van der Waals surface area contributed by atoms with Gasteiger partial charge >= 0.3 is 0 Å². The highest BCUT2D eigenvalue weighted by molar-refractivity contribution is 5.85. The summed E-state index contributed by atoms with van der Waals surface area (Å²) in [5, 5.41) is 2.96. The minimum Gasteiger partial charge on any atom is -0.355 e. The number of nitrogens with zero attached hydrogens (tertiary/aromatic N) is 1. The number of halogens is 1. The summed E-state index contributed by atoms with van der Waals surface area (Å²) in [6, 6.07) is 10.4. The minimum absolute atomic E-state index is 0. The summed E-state index contributed by atoms with van der Waals surface area (Å²) < 4.78 is 0. The molecule has 118 valence electrons. The zero-order valence-corrected chi connectivity index (χ0v) is 13.6. The van der Waals surface area contributed by atoms with Gasteiger partial charge in [0.15, 0.2) is 0 Å². The fraction of sp³-hybridized carbons (Fsp3) is 0.562. The van der Waals surface area contributed by atoms with Crippen molar-refractivity contribution in [1.29, 1.82) is 0 Å². The van der Waals surface area contributed by atoms with E-state index in [9.17, 15) is 4.79 Å². The van der Waals surface area contributed by atoms with Crippen LogP contribution in [0.2, 0.25) is 0 Å². The first kappa shape index (κ1) is 18.0. The Hall–Kier alpha value is -1.10. The lowest BCUT2D eigenvalue weighted by molar-refractivity contribution is -0.122. The van der Waals surface area contributed by atoms with Gasteiger partial charge in [-0.25, -0.2) is 0 Å². The summed E-state index contributed by atoms with van der Waals surface area (Å²) in [6.45, 7) is 7.02. The molecule has 1 aromatic carbocycles. The highest BCUT2D eigenvalue weighted by Gasteiger charge is 2.31. The second-order valence-corrected chi connectivity index (χ2v) is 6.07. The molecule has 1 amide bonds. The first-order valence-electron chi connectivity index (χ1n) is 7.36. The number of carbonyl (C=O) groups is 1. The maximum absolute atomic E-state index is 11.9. The molecular formula is C16H26ClN3O. The molecule has 0 unspecified atom stereocenters. The molecule has 1 aromatic rings. The third-order valence-electron chi connectivity index (χ3n) is 3.74. The average molecular weight is 312 g/mol. The smallest absolute Gasteiger partial charge is 0.234 e. The van der Waals surface area contributed by atoms with Crippen molar-refractivity contribution in [1.82, 2.24) is 10.2 Å². The normalized spacial score (nSPS) is 22.1. The molecule has 1 heterocycles. The standard InChI is InChI=1S/C16H25N3O.ClH/c1-12(2)8-18-16(20)11-19-9-14(15(17)10-19)13-6-4-3-5-7-13;/h3-7,12,14-15H,8-11,17H2,1-2H3,(H,18,20);1H/t14-,15+;/m0./s1. The van der Waals surface area contributed by atoms with Crippen LogP contribution in [0.3, 0.4) is 0 Å². The highest BCUT2D eigenvalue weighted by atomic mass is 35.5. The van der Waals surface area contributed by atoms with Crippen molar-refractivity contribution in [2.45, 2.75) is 25.8 Å². The van der Waals surface area contributed by atoms with Crippen LogP contribution >= 0.6 is 12.4 Å². The van der Waals surface area contributed by atoms with Crippen LogP contribution in [0.15, 0.2) is 30.3 Å². The Bertz CT molecular complexity index is 438. The van der Waals surface area contributed by atoms with Gasteiger partial charge in [-0.3, -0.25) is 9.69 Å². The number of likely N-dealkylation sites (tertiary alicyclic amines) is 1. The largest absolute Gasteiger partial charge is 0.355 e. The van der Waals surface area contributed by atoms with Crippen LogP contribution in [0.5, 0.6) is 0 Å². The number of nitrogens with two attached hydrogens (primary N) is 1. The summed E-state index contributed by atoms with van der Waals surface area (Å²) in [4.78, 5) is 14.0. The maximum Gasteiger partial charge on any atom is 0.234 e. The van der Waals surface area contributed by atoms with E-state index in [1.54, 1.807) is 0 Å². The van der Waals surface area contributed by atoms with Gasteiger partial charge in [-0.15, -0.1) is 12.4 Å². The molecule has 0 saturated carbocycles. The van der Waals surface area contributed by atoms with Crippen molar-refractivity contribution in [2.24, 2.45) is 11.7 Å². The Kier molecular flexibility index (Phi) is 7.15. The van der Waals surface area contributed by atoms with Gasteiger partial charge in [-0.05, 0) is 11.5 Å². The highest BCUT2D eigenvalue weighted by Crippen LogP contribution is 2.25. The topological polar surface area (TPSA) is 58.4 Å². The van der Waals surface area contributed by atoms with Crippen molar-refractivity contribution < 1.29 is 4.79 Å². The van der Waals surface area contributed by atoms with Crippen LogP contribution in [0.1, 0.15) is 25.3 Å². The van der Waals surface area contributed by atoms with E-state index in [1.165, 1.54) is 5.56 Å². The van der Waals surface area contributed by atoms with Crippen molar-refractivity contribution in [3.8, 4) is 0 Å². The third kappa shape index (κ3) is 5.30. The first-order chi connectivity index (χ1) is 9.56. The Morgan fingerprint density at radius 3 is 2.62 bits per heavy atom. The summed E-state index contributed by atoms with van der Waals surface area (Å²) >= 11 is 0. The van der Waals surface area contributed by atoms with Gasteiger partial charge in [0.1, 0.15) is 0 Å². The van der Waals surface area contributed by atoms with Gasteiger partial charge in [0.2, 0.25) is 5.91 Å². The summed E-state index contributed by atoms with van der Waals surface area (Å²) in [6.07, 6.45) is 0. The molecule has 1 fully saturated rings. The molecule has 21 heavy (non-hydrogen) atoms. The molecule has 2 atom stereocenters. The molecule has 0 bridgehead atoms. The summed E-state index contributed by atoms with van der Waals surface area (Å²) in [7, 11) is 0. The number of carbonyl (C=O) groups excluding carboxylic acids is 1. The van der Waals surface area contributed by atoms with E-state index < -0.39 is 0 Å². The fourth-order valence-electron chi connectivity index (χ4n) is 2.67. The molecule has 1 saturated heterocycles. The van der Waals surface area contributed by atoms with Crippen molar-refractivity contribution in [3.05, 3.63) is 35.9 Å². The predicted molar refractivity (Wildman–Crippen MR) is 88.7 cm³/mol. The number of nitrogens with one attached hydrogen (secondary N) is 1. The lowest BCUT2D eigenvalue weighted by atomic mass is 9.95. The van der Waals surface area contributed by atoms with E-state index in [0.29, 0.717) is 18.4 Å². The number of hydrogen-bond donors (Lipinski definition) is 2. The van der Waals surface area contributed by atoms with Crippen LogP contribution in [0.25, 0.3) is 0 Å². The van der Waals surface area contributed by atoms with E-state index in [0.717, 1.165) is 19.6 Å². The van der Waals surface area contributed by atoms with Gasteiger partial charge in [0.05, 0.1) is 6.54 Å². The number of rotatable bonds is 5. The SMILES string of the molecule is CC(C)CNC(=O)CN1C[C@@H](N)[C@H](c2ccccc2)C1.Cl. The first-order valence-corrected chi connectivity index (χ1v) is 7.36. The Morgan fingerprint density at radius 1 is 1.33 bits per heavy atom. The van der Waals surface area contributed by atoms with Gasteiger partial charge in [-0.1, -0.05) is 44.2 Å². The van der Waals surface area contributed by atoms with Crippen LogP contribution in [-0.2, 0) is 4.79 Å². The Labute approximate surface area is 133 Å². The van der Waals surface area contributed by atoms with Crippen molar-refractivity contribution >= 4 is 18.3 Å². The number of amides is 1. The molecule has 4 nitrogen and oxygen atoms in total. The molecule has 3 N–H and O–H groups in total. The van der Waals surface area contributed by atoms with Crippen LogP contribution in [0.4, 0.5) is 0 Å². The van der Waals surface area contributed by atoms with Crippen molar-refractivity contribution in [3.63, 3.8) is 0 Å². The van der Waals surface area contributed by atoms with E-state index in [2.05, 4.69) is 36.2 Å². The van der Waals surface area contributed by atoms with E-state index in [-0.39, 0.29) is 24.4 Å². The second-order valence-electron chi connectivity index (χ2n) is 6.07. The van der Waals surface area contributed by atoms with Crippen LogP contribution in [-0.4, -0.2) is 43.0 Å². The lowest BCUT2D eigenvalue weighted by Gasteiger charge is -2.16. The quantitative estimate of drug-likeness (QED) is 0.868. The molecule has 1 aliphatic rings. The monoisotopic (exact) mass is 311 g/mol. The minimum atomic E-state index is 0. The zero-order chi connectivity index (χ0) is 14.5. The Morgan fingerprint density at radius 2 is 2.00 bits per heavy atom. The molecule has 0 radical (unpaired) electrons. The number of hydrogen-bond acceptors (Lipinski definition) is 3. The summed E-state index contributed by atoms with van der Waals surface area (Å²) in [5.41, 5.74) is 7.49. The van der Waals surface area contributed by atoms with Gasteiger partial charge < -0.3 is 11.1 Å². The molecule has 2 rings (SSSR count). The maximum atomic E-state index is 11.9. The van der Waals surface area contributed by atoms with E-state index in [1.807, 2.05) is 18.2 Å². The lowest BCUT2D eigenvalue weighted by Crippen LogP contribution is -2.38. The number of benzene rings is 1. The zero-order valence-electron chi connectivity index (χ0n) is 12.8. The molecule has 0 aliphatic carbocycles. The molecule has 0 aromatic heterocycles. The molecule has 0 spiro atoms. The van der Waals surface area contributed by atoms with E-state index >= 15 is 0 Å². The Balaban J connectivity index is 0.00000220. The predicted octanol–water partition coefficient (Wildman–Crippen LogP) is 1.61. The molecule has 5 heteroatoms. The van der Waals surface area contributed by atoms with Crippen molar-refractivity contribution in [2.75, 3.05) is 26.2 Å². The second kappa shape index (κ2) is 8.37. The summed E-state index contributed by atoms with van der Waals surface area (Å²) in [5.74, 6) is 0.908. The molecule has 1 aliphatic heterocycles. The van der Waals surface area contributed by atoms with Gasteiger partial charge in [-0.2, -0.15) is 0 Å². The molecular weight excluding hydrogens is 286 g/mol. The van der Waals surface area contributed by atoms with Gasteiger partial charge in [0.25, 0.3) is 0 Å².